The molecule has 0 spiro atoms. The summed E-state index contributed by atoms with van der Waals surface area (Å²) in [6, 6.07) is 4.80. The van der Waals surface area contributed by atoms with Crippen LogP contribution in [0.4, 0.5) is 4.79 Å². The van der Waals surface area contributed by atoms with E-state index >= 15 is 0 Å². The van der Waals surface area contributed by atoms with Crippen molar-refractivity contribution in [3.8, 4) is 11.5 Å². The molecule has 0 aromatic heterocycles. The Morgan fingerprint density at radius 1 is 1.22 bits per heavy atom. The van der Waals surface area contributed by atoms with Crippen molar-refractivity contribution in [2.24, 2.45) is 5.41 Å². The minimum Gasteiger partial charge on any atom is -0.497 e. The first-order chi connectivity index (χ1) is 10.8. The van der Waals surface area contributed by atoms with Gasteiger partial charge in [-0.15, -0.1) is 0 Å². The molecule has 1 atom stereocenters. The average molecular weight is 320 g/mol. The van der Waals surface area contributed by atoms with Gasteiger partial charge in [0.25, 0.3) is 0 Å². The van der Waals surface area contributed by atoms with E-state index in [9.17, 15) is 9.59 Å². The molecule has 1 aromatic carbocycles. The van der Waals surface area contributed by atoms with Crippen molar-refractivity contribution in [1.82, 2.24) is 10.2 Å². The van der Waals surface area contributed by atoms with E-state index in [1.54, 1.807) is 32.4 Å². The van der Waals surface area contributed by atoms with Crippen LogP contribution in [-0.2, 0) is 11.3 Å². The van der Waals surface area contributed by atoms with Crippen molar-refractivity contribution in [3.63, 3.8) is 0 Å². The van der Waals surface area contributed by atoms with Crippen molar-refractivity contribution in [2.75, 3.05) is 14.2 Å². The normalized spacial score (nSPS) is 18.7. The summed E-state index contributed by atoms with van der Waals surface area (Å²) in [5.74, 6) is 1.07. The number of imide groups is 1. The Bertz CT molecular complexity index is 589. The fraction of sp³-hybridized carbons (Fsp3) is 0.529. The highest BCUT2D eigenvalue weighted by Gasteiger charge is 2.37. The van der Waals surface area contributed by atoms with Gasteiger partial charge in [0, 0.05) is 24.1 Å². The summed E-state index contributed by atoms with van der Waals surface area (Å²) < 4.78 is 10.5. The van der Waals surface area contributed by atoms with Gasteiger partial charge in [-0.1, -0.05) is 20.8 Å². The fourth-order valence-corrected chi connectivity index (χ4v) is 2.51. The number of methoxy groups -OCH3 is 2. The summed E-state index contributed by atoms with van der Waals surface area (Å²) in [5, 5.41) is 2.92. The zero-order valence-corrected chi connectivity index (χ0v) is 14.3. The molecule has 3 amide bonds. The molecule has 1 saturated heterocycles. The van der Waals surface area contributed by atoms with Crippen molar-refractivity contribution < 1.29 is 19.1 Å². The maximum atomic E-state index is 12.4. The van der Waals surface area contributed by atoms with Crippen LogP contribution in [0, 0.1) is 5.41 Å². The smallest absolute Gasteiger partial charge is 0.324 e. The molecule has 0 saturated carbocycles. The van der Waals surface area contributed by atoms with Crippen LogP contribution in [-0.4, -0.2) is 37.1 Å². The van der Waals surface area contributed by atoms with Gasteiger partial charge in [-0.05, 0) is 17.5 Å². The highest BCUT2D eigenvalue weighted by Crippen LogP contribution is 2.29. The second-order valence-corrected chi connectivity index (χ2v) is 6.73. The van der Waals surface area contributed by atoms with E-state index in [2.05, 4.69) is 5.32 Å². The molecule has 6 heteroatoms. The van der Waals surface area contributed by atoms with Gasteiger partial charge in [0.05, 0.1) is 20.8 Å². The number of carbonyl (C=O) groups is 2. The molecule has 1 N–H and O–H groups in total. The summed E-state index contributed by atoms with van der Waals surface area (Å²) in [7, 11) is 3.12. The van der Waals surface area contributed by atoms with Crippen LogP contribution in [0.3, 0.4) is 0 Å². The van der Waals surface area contributed by atoms with Crippen LogP contribution in [0.5, 0.6) is 11.5 Å². The highest BCUT2D eigenvalue weighted by molar-refractivity contribution is 5.97. The van der Waals surface area contributed by atoms with Gasteiger partial charge in [0.15, 0.2) is 0 Å². The molecule has 1 heterocycles. The molecule has 1 aliphatic heterocycles. The number of carbonyl (C=O) groups excluding carboxylic acids is 2. The number of ether oxygens (including phenoxy) is 2. The topological polar surface area (TPSA) is 67.9 Å². The van der Waals surface area contributed by atoms with Crippen LogP contribution in [0.1, 0.15) is 32.8 Å². The third-order valence-corrected chi connectivity index (χ3v) is 4.09. The Hall–Kier alpha value is -2.24. The Balaban J connectivity index is 2.18. The maximum absolute atomic E-state index is 12.4. The monoisotopic (exact) mass is 320 g/mol. The first-order valence-corrected chi connectivity index (χ1v) is 7.58. The summed E-state index contributed by atoms with van der Waals surface area (Å²) in [6.45, 7) is 6.20. The van der Waals surface area contributed by atoms with Gasteiger partial charge in [0.1, 0.15) is 11.5 Å². The number of urea groups is 1. The maximum Gasteiger partial charge on any atom is 0.324 e. The lowest BCUT2D eigenvalue weighted by molar-refractivity contribution is -0.131. The quantitative estimate of drug-likeness (QED) is 0.926. The number of amides is 3. The molecule has 0 aliphatic carbocycles. The van der Waals surface area contributed by atoms with Crippen LogP contribution >= 0.6 is 0 Å². The van der Waals surface area contributed by atoms with Gasteiger partial charge < -0.3 is 14.8 Å². The van der Waals surface area contributed by atoms with Gasteiger partial charge in [-0.25, -0.2) is 4.79 Å². The summed E-state index contributed by atoms with van der Waals surface area (Å²) in [5.41, 5.74) is 0.598. The van der Waals surface area contributed by atoms with Crippen LogP contribution in [0.15, 0.2) is 18.2 Å². The molecule has 1 aliphatic rings. The van der Waals surface area contributed by atoms with Gasteiger partial charge in [-0.2, -0.15) is 0 Å². The SMILES string of the molecule is COc1ccc(CN2C(=O)C[C@@H](C(C)(C)C)NC2=O)c(OC)c1. The first kappa shape index (κ1) is 17.1. The van der Waals surface area contributed by atoms with E-state index in [-0.39, 0.29) is 29.9 Å². The molecule has 0 unspecified atom stereocenters. The molecular weight excluding hydrogens is 296 g/mol. The minimum atomic E-state index is -0.362. The van der Waals surface area contributed by atoms with Gasteiger partial charge in [-0.3, -0.25) is 9.69 Å². The molecule has 1 fully saturated rings. The molecule has 1 aromatic rings. The number of hydrogen-bond acceptors (Lipinski definition) is 4. The third kappa shape index (κ3) is 3.75. The van der Waals surface area contributed by atoms with E-state index < -0.39 is 0 Å². The molecule has 2 rings (SSSR count). The Morgan fingerprint density at radius 3 is 2.43 bits per heavy atom. The second kappa shape index (κ2) is 6.48. The minimum absolute atomic E-state index is 0.156. The van der Waals surface area contributed by atoms with Crippen LogP contribution < -0.4 is 14.8 Å². The Kier molecular flexibility index (Phi) is 4.82. The largest absolute Gasteiger partial charge is 0.497 e. The van der Waals surface area contributed by atoms with E-state index in [1.165, 1.54) is 4.90 Å². The lowest BCUT2D eigenvalue weighted by atomic mass is 9.83. The van der Waals surface area contributed by atoms with Gasteiger partial charge in [0.2, 0.25) is 5.91 Å². The van der Waals surface area contributed by atoms with Crippen LogP contribution in [0.25, 0.3) is 0 Å². The zero-order chi connectivity index (χ0) is 17.2. The number of benzene rings is 1. The first-order valence-electron chi connectivity index (χ1n) is 7.58. The predicted octanol–water partition coefficient (Wildman–Crippen LogP) is 2.56. The molecular formula is C17H24N2O4. The fourth-order valence-electron chi connectivity index (χ4n) is 2.51. The van der Waals surface area contributed by atoms with Crippen molar-refractivity contribution in [3.05, 3.63) is 23.8 Å². The summed E-state index contributed by atoms with van der Waals surface area (Å²) in [4.78, 5) is 25.9. The second-order valence-electron chi connectivity index (χ2n) is 6.73. The third-order valence-electron chi connectivity index (χ3n) is 4.09. The number of rotatable bonds is 4. The predicted molar refractivity (Wildman–Crippen MR) is 86.5 cm³/mol. The Morgan fingerprint density at radius 2 is 1.91 bits per heavy atom. The van der Waals surface area contributed by atoms with Crippen molar-refractivity contribution in [1.29, 1.82) is 0 Å². The molecule has 0 radical (unpaired) electrons. The molecule has 6 nitrogen and oxygen atoms in total. The Labute approximate surface area is 136 Å². The highest BCUT2D eigenvalue weighted by atomic mass is 16.5. The van der Waals surface area contributed by atoms with E-state index in [0.717, 1.165) is 5.56 Å². The number of nitrogens with one attached hydrogen (secondary N) is 1. The van der Waals surface area contributed by atoms with Crippen molar-refractivity contribution in [2.45, 2.75) is 39.8 Å². The molecule has 23 heavy (non-hydrogen) atoms. The molecule has 126 valence electrons. The standard InChI is InChI=1S/C17H24N2O4/c1-17(2,3)14-9-15(20)19(16(21)18-14)10-11-6-7-12(22-4)8-13(11)23-5/h6-8,14H,9-10H2,1-5H3,(H,18,21)/t14-/m0/s1. The average Bonchev–Trinajstić information content (AvgIpc) is 2.49. The van der Waals surface area contributed by atoms with Crippen molar-refractivity contribution >= 4 is 11.9 Å². The number of hydrogen-bond donors (Lipinski definition) is 1. The van der Waals surface area contributed by atoms with Crippen LogP contribution in [0.2, 0.25) is 0 Å². The summed E-state index contributed by atoms with van der Waals surface area (Å²) >= 11 is 0. The van der Waals surface area contributed by atoms with Gasteiger partial charge >= 0.3 is 6.03 Å². The lowest BCUT2D eigenvalue weighted by Gasteiger charge is -2.38. The lowest BCUT2D eigenvalue weighted by Crippen LogP contribution is -2.57. The van der Waals surface area contributed by atoms with E-state index in [1.807, 2.05) is 20.8 Å². The summed E-state index contributed by atoms with van der Waals surface area (Å²) in [6.07, 6.45) is 0.299. The van der Waals surface area contributed by atoms with E-state index in [0.29, 0.717) is 17.9 Å². The zero-order valence-electron chi connectivity index (χ0n) is 14.3. The number of nitrogens with zero attached hydrogens (tertiary/aromatic N) is 1. The van der Waals surface area contributed by atoms with E-state index in [4.69, 9.17) is 9.47 Å². The molecule has 0 bridgehead atoms.